The van der Waals surface area contributed by atoms with Gasteiger partial charge >= 0.3 is 6.09 Å². The first kappa shape index (κ1) is 17.7. The lowest BCUT2D eigenvalue weighted by Crippen LogP contribution is -2.50. The van der Waals surface area contributed by atoms with Crippen LogP contribution in [0.25, 0.3) is 0 Å². The molecule has 136 valence electrons. The summed E-state index contributed by atoms with van der Waals surface area (Å²) in [6.07, 6.45) is 1.19. The normalized spacial score (nSPS) is 22.1. The van der Waals surface area contributed by atoms with Crippen LogP contribution in [0.3, 0.4) is 0 Å². The summed E-state index contributed by atoms with van der Waals surface area (Å²) in [5, 5.41) is 2.87. The minimum Gasteiger partial charge on any atom is -0.444 e. The number of hydrogen-bond donors (Lipinski definition) is 1. The lowest BCUT2D eigenvalue weighted by atomic mass is 10.0. The number of nitrogens with one attached hydrogen (secondary N) is 1. The van der Waals surface area contributed by atoms with Gasteiger partial charge in [-0.1, -0.05) is 12.1 Å². The number of alkyl carbamates (subject to hydrolysis) is 1. The minimum absolute atomic E-state index is 0.109. The molecule has 0 spiro atoms. The zero-order valence-electron chi connectivity index (χ0n) is 14.7. The van der Waals surface area contributed by atoms with Crippen LogP contribution in [0.4, 0.5) is 4.79 Å². The van der Waals surface area contributed by atoms with Crippen LogP contribution in [-0.2, 0) is 14.8 Å². The van der Waals surface area contributed by atoms with Crippen molar-refractivity contribution in [3.05, 3.63) is 29.8 Å². The van der Waals surface area contributed by atoms with E-state index in [0.717, 1.165) is 12.8 Å². The number of piperidine rings is 1. The molecule has 0 saturated carbocycles. The average molecular weight is 365 g/mol. The Bertz CT molecular complexity index is 811. The summed E-state index contributed by atoms with van der Waals surface area (Å²) in [5.74, 6) is 0.464. The topological polar surface area (TPSA) is 88.1 Å². The second kappa shape index (κ2) is 6.33. The van der Waals surface area contributed by atoms with Gasteiger partial charge in [-0.3, -0.25) is 0 Å². The third-order valence-corrected chi connectivity index (χ3v) is 5.38. The van der Waals surface area contributed by atoms with E-state index in [1.807, 2.05) is 25.7 Å². The number of ether oxygens (including phenoxy) is 1. The van der Waals surface area contributed by atoms with Gasteiger partial charge in [0.25, 0.3) is 10.0 Å². The lowest BCUT2D eigenvalue weighted by Gasteiger charge is -2.34. The fourth-order valence-corrected chi connectivity index (χ4v) is 4.31. The maximum absolute atomic E-state index is 12.2. The zero-order valence-corrected chi connectivity index (χ0v) is 15.5. The number of sulfonamides is 1. The van der Waals surface area contributed by atoms with Crippen LogP contribution in [0.15, 0.2) is 33.6 Å². The Hall–Kier alpha value is -2.09. The number of rotatable bonds is 1. The van der Waals surface area contributed by atoms with Gasteiger partial charge in [-0.15, -0.1) is 4.40 Å². The molecule has 0 bridgehead atoms. The molecule has 25 heavy (non-hydrogen) atoms. The van der Waals surface area contributed by atoms with Crippen LogP contribution >= 0.6 is 0 Å². The molecule has 1 amide bonds. The zero-order chi connectivity index (χ0) is 18.2. The van der Waals surface area contributed by atoms with Gasteiger partial charge in [0, 0.05) is 24.7 Å². The number of fused-ring (bicyclic) bond motifs is 1. The molecule has 2 aliphatic rings. The molecule has 1 atom stereocenters. The third-order valence-electron chi connectivity index (χ3n) is 4.05. The predicted octanol–water partition coefficient (Wildman–Crippen LogP) is 2.12. The predicted molar refractivity (Wildman–Crippen MR) is 94.1 cm³/mol. The van der Waals surface area contributed by atoms with Crippen LogP contribution in [0.5, 0.6) is 0 Å². The number of nitrogens with zero attached hydrogens (tertiary/aromatic N) is 2. The highest BCUT2D eigenvalue weighted by Crippen LogP contribution is 2.28. The maximum Gasteiger partial charge on any atom is 0.407 e. The highest BCUT2D eigenvalue weighted by atomic mass is 32.2. The van der Waals surface area contributed by atoms with Crippen molar-refractivity contribution >= 4 is 22.0 Å². The van der Waals surface area contributed by atoms with Crippen molar-refractivity contribution in [2.45, 2.75) is 50.2 Å². The molecule has 2 heterocycles. The quantitative estimate of drug-likeness (QED) is 0.824. The average Bonchev–Trinajstić information content (AvgIpc) is 2.78. The van der Waals surface area contributed by atoms with Crippen LogP contribution in [0, 0.1) is 0 Å². The van der Waals surface area contributed by atoms with Gasteiger partial charge in [0.05, 0.1) is 0 Å². The number of benzene rings is 1. The van der Waals surface area contributed by atoms with Gasteiger partial charge < -0.3 is 15.0 Å². The number of carbonyl (C=O) groups is 1. The largest absolute Gasteiger partial charge is 0.444 e. The molecular weight excluding hydrogens is 342 g/mol. The van der Waals surface area contributed by atoms with E-state index in [0.29, 0.717) is 24.5 Å². The lowest BCUT2D eigenvalue weighted by molar-refractivity contribution is 0.0486. The number of amidine groups is 1. The second-order valence-electron chi connectivity index (χ2n) is 7.32. The Balaban J connectivity index is 1.74. The molecule has 0 radical (unpaired) electrons. The molecule has 8 heteroatoms. The number of hydrogen-bond acceptors (Lipinski definition) is 5. The molecule has 2 aliphatic heterocycles. The van der Waals surface area contributed by atoms with Crippen LogP contribution in [0.2, 0.25) is 0 Å². The van der Waals surface area contributed by atoms with E-state index in [1.54, 1.807) is 24.3 Å². The van der Waals surface area contributed by atoms with Crippen molar-refractivity contribution in [2.24, 2.45) is 4.40 Å². The summed E-state index contributed by atoms with van der Waals surface area (Å²) in [7, 11) is -3.63. The molecule has 7 nitrogen and oxygen atoms in total. The summed E-state index contributed by atoms with van der Waals surface area (Å²) in [5.41, 5.74) is 0.0708. The van der Waals surface area contributed by atoms with Crippen molar-refractivity contribution in [2.75, 3.05) is 13.1 Å². The van der Waals surface area contributed by atoms with Crippen molar-refractivity contribution in [3.8, 4) is 0 Å². The Kier molecular flexibility index (Phi) is 4.49. The standard InChI is InChI=1S/C17H23N3O4S/c1-17(2,3)24-16(21)18-12-7-6-10-20(11-12)15-13-8-4-5-9-14(13)25(22,23)19-15/h4-5,8-9,12H,6-7,10-11H2,1-3H3,(H,18,21)/t12-/m0/s1. The molecule has 1 saturated heterocycles. The van der Waals surface area contributed by atoms with E-state index < -0.39 is 21.7 Å². The molecule has 0 aromatic heterocycles. The van der Waals surface area contributed by atoms with Crippen molar-refractivity contribution in [1.29, 1.82) is 0 Å². The van der Waals surface area contributed by atoms with E-state index in [1.165, 1.54) is 0 Å². The first-order chi connectivity index (χ1) is 11.7. The first-order valence-corrected chi connectivity index (χ1v) is 9.78. The Labute approximate surface area is 148 Å². The summed E-state index contributed by atoms with van der Waals surface area (Å²) >= 11 is 0. The molecule has 1 fully saturated rings. The van der Waals surface area contributed by atoms with Crippen molar-refractivity contribution in [1.82, 2.24) is 10.2 Å². The van der Waals surface area contributed by atoms with Crippen LogP contribution in [-0.4, -0.2) is 50.0 Å². The van der Waals surface area contributed by atoms with E-state index in [4.69, 9.17) is 4.74 Å². The van der Waals surface area contributed by atoms with E-state index >= 15 is 0 Å². The molecule has 3 rings (SSSR count). The second-order valence-corrected chi connectivity index (χ2v) is 8.89. The van der Waals surface area contributed by atoms with Gasteiger partial charge in [-0.2, -0.15) is 8.42 Å². The van der Waals surface area contributed by atoms with Crippen molar-refractivity contribution < 1.29 is 17.9 Å². The fourth-order valence-electron chi connectivity index (χ4n) is 3.08. The summed E-state index contributed by atoms with van der Waals surface area (Å²) in [6.45, 7) is 6.65. The Morgan fingerprint density at radius 2 is 2.04 bits per heavy atom. The Morgan fingerprint density at radius 1 is 1.32 bits per heavy atom. The summed E-state index contributed by atoms with van der Waals surface area (Å²) < 4.78 is 33.7. The number of amides is 1. The van der Waals surface area contributed by atoms with Gasteiger partial charge in [0.15, 0.2) is 5.84 Å². The SMILES string of the molecule is CC(C)(C)OC(=O)N[C@H]1CCCN(C2=NS(=O)(=O)c3ccccc32)C1. The highest BCUT2D eigenvalue weighted by Gasteiger charge is 2.34. The van der Waals surface area contributed by atoms with Crippen molar-refractivity contribution in [3.63, 3.8) is 0 Å². The van der Waals surface area contributed by atoms with Gasteiger partial charge in [-0.25, -0.2) is 4.79 Å². The Morgan fingerprint density at radius 3 is 2.76 bits per heavy atom. The minimum atomic E-state index is -3.63. The summed E-state index contributed by atoms with van der Waals surface area (Å²) in [4.78, 5) is 14.1. The fraction of sp³-hybridized carbons (Fsp3) is 0.529. The van der Waals surface area contributed by atoms with E-state index in [2.05, 4.69) is 9.71 Å². The summed E-state index contributed by atoms with van der Waals surface area (Å²) in [6, 6.07) is 6.72. The highest BCUT2D eigenvalue weighted by molar-refractivity contribution is 7.90. The molecule has 1 aromatic carbocycles. The van der Waals surface area contributed by atoms with Gasteiger partial charge in [0.2, 0.25) is 0 Å². The number of carbonyl (C=O) groups excluding carboxylic acids is 1. The molecule has 0 unspecified atom stereocenters. The monoisotopic (exact) mass is 365 g/mol. The molecule has 1 aromatic rings. The third kappa shape index (κ3) is 3.95. The maximum atomic E-state index is 12.2. The number of likely N-dealkylation sites (tertiary alicyclic amines) is 1. The smallest absolute Gasteiger partial charge is 0.407 e. The molecule has 1 N–H and O–H groups in total. The van der Waals surface area contributed by atoms with E-state index in [-0.39, 0.29) is 10.9 Å². The molecule has 0 aliphatic carbocycles. The van der Waals surface area contributed by atoms with Gasteiger partial charge in [-0.05, 0) is 45.7 Å². The van der Waals surface area contributed by atoms with E-state index in [9.17, 15) is 13.2 Å². The van der Waals surface area contributed by atoms with Crippen LogP contribution in [0.1, 0.15) is 39.2 Å². The van der Waals surface area contributed by atoms with Gasteiger partial charge in [0.1, 0.15) is 10.5 Å². The molecular formula is C17H23N3O4S. The first-order valence-electron chi connectivity index (χ1n) is 8.34. The van der Waals surface area contributed by atoms with Crippen LogP contribution < -0.4 is 5.32 Å².